The predicted octanol–water partition coefficient (Wildman–Crippen LogP) is 6.75. The zero-order valence-corrected chi connectivity index (χ0v) is 28.4. The topological polar surface area (TPSA) is 96.0 Å². The minimum absolute atomic E-state index is 0.00545. The summed E-state index contributed by atoms with van der Waals surface area (Å²) in [6.45, 7) is 4.99. The molecule has 0 fully saturated rings. The molecule has 0 spiro atoms. The van der Waals surface area contributed by atoms with E-state index in [1.807, 2.05) is 51.1 Å². The minimum Gasteiger partial charge on any atom is -0.497 e. The summed E-state index contributed by atoms with van der Waals surface area (Å²) in [4.78, 5) is 29.9. The molecule has 4 aromatic carbocycles. The molecule has 0 aliphatic heterocycles. The number of methoxy groups -OCH3 is 1. The van der Waals surface area contributed by atoms with Gasteiger partial charge in [-0.1, -0.05) is 65.7 Å². The van der Waals surface area contributed by atoms with Gasteiger partial charge in [0.1, 0.15) is 18.3 Å². The first-order chi connectivity index (χ1) is 21.8. The lowest BCUT2D eigenvalue weighted by Crippen LogP contribution is -2.56. The lowest BCUT2D eigenvalue weighted by atomic mass is 10.0. The van der Waals surface area contributed by atoms with E-state index in [-0.39, 0.29) is 29.5 Å². The van der Waals surface area contributed by atoms with Gasteiger partial charge in [0.05, 0.1) is 17.7 Å². The van der Waals surface area contributed by atoms with Gasteiger partial charge in [0, 0.05) is 28.5 Å². The average molecular weight is 683 g/mol. The van der Waals surface area contributed by atoms with Crippen LogP contribution < -0.4 is 14.4 Å². The van der Waals surface area contributed by atoms with E-state index in [0.717, 1.165) is 9.87 Å². The molecule has 242 valence electrons. The van der Waals surface area contributed by atoms with Crippen molar-refractivity contribution in [1.29, 1.82) is 0 Å². The first kappa shape index (κ1) is 34.8. The smallest absolute Gasteiger partial charge is 0.264 e. The Morgan fingerprint density at radius 3 is 2.04 bits per heavy atom. The van der Waals surface area contributed by atoms with E-state index in [2.05, 4.69) is 5.32 Å². The molecule has 0 heterocycles. The maximum atomic E-state index is 14.5. The molecule has 2 amide bonds. The summed E-state index contributed by atoms with van der Waals surface area (Å²) in [6.07, 6.45) is 0.196. The van der Waals surface area contributed by atoms with E-state index >= 15 is 0 Å². The molecule has 1 N–H and O–H groups in total. The Balaban J connectivity index is 1.81. The Morgan fingerprint density at radius 1 is 0.826 bits per heavy atom. The third-order valence-corrected chi connectivity index (χ3v) is 9.33. The number of nitrogens with one attached hydrogen (secondary N) is 1. The summed E-state index contributed by atoms with van der Waals surface area (Å²) in [7, 11) is -2.78. The van der Waals surface area contributed by atoms with Crippen LogP contribution in [-0.4, -0.2) is 50.4 Å². The molecule has 1 atom stereocenters. The SMILES string of the molecule is COc1ccc(S(=O)(=O)N(CC(=O)N(Cc2cccc(Cl)c2)[C@@H](Cc2ccccc2)C(=O)NC(C)(C)C)c2ccc(Cl)cc2)cc1. The van der Waals surface area contributed by atoms with Crippen LogP contribution in [0.5, 0.6) is 5.75 Å². The van der Waals surface area contributed by atoms with Gasteiger partial charge in [-0.15, -0.1) is 0 Å². The van der Waals surface area contributed by atoms with E-state index in [0.29, 0.717) is 21.4 Å². The molecule has 0 saturated heterocycles. The van der Waals surface area contributed by atoms with E-state index in [4.69, 9.17) is 27.9 Å². The molecule has 0 saturated carbocycles. The van der Waals surface area contributed by atoms with Crippen LogP contribution in [0.1, 0.15) is 31.9 Å². The van der Waals surface area contributed by atoms with Crippen LogP contribution in [0, 0.1) is 0 Å². The number of hydrogen-bond acceptors (Lipinski definition) is 5. The number of hydrogen-bond donors (Lipinski definition) is 1. The fraction of sp³-hybridized carbons (Fsp3) is 0.257. The highest BCUT2D eigenvalue weighted by Crippen LogP contribution is 2.28. The number of carbonyl (C=O) groups excluding carboxylic acids is 2. The summed E-state index contributed by atoms with van der Waals surface area (Å²) in [5, 5.41) is 3.88. The van der Waals surface area contributed by atoms with Gasteiger partial charge in [-0.05, 0) is 92.6 Å². The van der Waals surface area contributed by atoms with E-state index < -0.39 is 34.1 Å². The van der Waals surface area contributed by atoms with Gasteiger partial charge in [-0.25, -0.2) is 8.42 Å². The third-order valence-electron chi connectivity index (χ3n) is 7.05. The Hall–Kier alpha value is -4.05. The van der Waals surface area contributed by atoms with E-state index in [1.165, 1.54) is 48.4 Å². The number of anilines is 1. The second-order valence-corrected chi connectivity index (χ2v) is 14.5. The highest BCUT2D eigenvalue weighted by atomic mass is 35.5. The molecular weight excluding hydrogens is 645 g/mol. The van der Waals surface area contributed by atoms with Crippen LogP contribution in [0.2, 0.25) is 10.0 Å². The van der Waals surface area contributed by atoms with E-state index in [1.54, 1.807) is 36.4 Å². The Bertz CT molecular complexity index is 1740. The fourth-order valence-corrected chi connectivity index (χ4v) is 6.60. The van der Waals surface area contributed by atoms with Crippen LogP contribution in [0.4, 0.5) is 5.69 Å². The van der Waals surface area contributed by atoms with Crippen LogP contribution >= 0.6 is 23.2 Å². The summed E-state index contributed by atoms with van der Waals surface area (Å²) in [6, 6.07) is 27.4. The third kappa shape index (κ3) is 9.25. The standard InChI is InChI=1S/C35H37Cl2N3O5S/c1-35(2,3)38-34(42)32(22-25-9-6-5-7-10-25)39(23-26-11-8-12-28(37)21-26)33(41)24-40(29-15-13-27(36)14-16-29)46(43,44)31-19-17-30(45-4)18-20-31/h5-21,32H,22-24H2,1-4H3,(H,38,42)/t32-/m0/s1. The van der Waals surface area contributed by atoms with Gasteiger partial charge in [0.2, 0.25) is 11.8 Å². The molecule has 11 heteroatoms. The van der Waals surface area contributed by atoms with Crippen molar-refractivity contribution in [1.82, 2.24) is 10.2 Å². The Morgan fingerprint density at radius 2 is 1.46 bits per heavy atom. The van der Waals surface area contributed by atoms with Gasteiger partial charge in [-0.3, -0.25) is 13.9 Å². The second kappa shape index (κ2) is 15.0. The van der Waals surface area contributed by atoms with Crippen molar-refractivity contribution in [2.45, 2.75) is 50.2 Å². The van der Waals surface area contributed by atoms with Crippen LogP contribution in [0.15, 0.2) is 108 Å². The minimum atomic E-state index is -4.27. The molecular formula is C35H37Cl2N3O5S. The van der Waals surface area contributed by atoms with Crippen LogP contribution in [0.25, 0.3) is 0 Å². The highest BCUT2D eigenvalue weighted by molar-refractivity contribution is 7.92. The number of benzene rings is 4. The largest absolute Gasteiger partial charge is 0.497 e. The summed E-state index contributed by atoms with van der Waals surface area (Å²) in [5.74, 6) is -0.478. The number of carbonyl (C=O) groups is 2. The molecule has 4 rings (SSSR count). The Labute approximate surface area is 280 Å². The number of halogens is 2. The zero-order valence-electron chi connectivity index (χ0n) is 26.1. The summed E-state index contributed by atoms with van der Waals surface area (Å²) < 4.78 is 34.5. The van der Waals surface area contributed by atoms with E-state index in [9.17, 15) is 18.0 Å². The zero-order chi connectivity index (χ0) is 33.5. The normalized spacial score (nSPS) is 12.2. The molecule has 8 nitrogen and oxygen atoms in total. The summed E-state index contributed by atoms with van der Waals surface area (Å²) in [5.41, 5.74) is 1.15. The van der Waals surface area contributed by atoms with Crippen LogP contribution in [0.3, 0.4) is 0 Å². The highest BCUT2D eigenvalue weighted by Gasteiger charge is 2.35. The monoisotopic (exact) mass is 681 g/mol. The predicted molar refractivity (Wildman–Crippen MR) is 183 cm³/mol. The van der Waals surface area contributed by atoms with Crippen molar-refractivity contribution in [3.05, 3.63) is 124 Å². The Kier molecular flexibility index (Phi) is 11.4. The average Bonchev–Trinajstić information content (AvgIpc) is 3.01. The number of nitrogens with zero attached hydrogens (tertiary/aromatic N) is 2. The van der Waals surface area contributed by atoms with Crippen molar-refractivity contribution in [2.75, 3.05) is 18.0 Å². The van der Waals surface area contributed by atoms with Crippen molar-refractivity contribution < 1.29 is 22.7 Å². The fourth-order valence-electron chi connectivity index (χ4n) is 4.85. The maximum Gasteiger partial charge on any atom is 0.264 e. The van der Waals surface area contributed by atoms with Crippen molar-refractivity contribution in [2.24, 2.45) is 0 Å². The van der Waals surface area contributed by atoms with Gasteiger partial charge in [-0.2, -0.15) is 0 Å². The lowest BCUT2D eigenvalue weighted by molar-refractivity contribution is -0.140. The molecule has 0 aliphatic carbocycles. The molecule has 0 bridgehead atoms. The number of amides is 2. The first-order valence-electron chi connectivity index (χ1n) is 14.6. The maximum absolute atomic E-state index is 14.5. The van der Waals surface area contributed by atoms with Crippen molar-refractivity contribution in [3.8, 4) is 5.75 Å². The molecule has 0 unspecified atom stereocenters. The number of ether oxygens (including phenoxy) is 1. The van der Waals surface area contributed by atoms with Crippen LogP contribution in [-0.2, 0) is 32.6 Å². The molecule has 0 radical (unpaired) electrons. The van der Waals surface area contributed by atoms with Gasteiger partial charge < -0.3 is 15.0 Å². The molecule has 0 aromatic heterocycles. The lowest BCUT2D eigenvalue weighted by Gasteiger charge is -2.35. The number of rotatable bonds is 12. The second-order valence-electron chi connectivity index (χ2n) is 11.8. The number of sulfonamides is 1. The quantitative estimate of drug-likeness (QED) is 0.178. The van der Waals surface area contributed by atoms with Gasteiger partial charge >= 0.3 is 0 Å². The van der Waals surface area contributed by atoms with Crippen molar-refractivity contribution >= 4 is 50.7 Å². The first-order valence-corrected chi connectivity index (χ1v) is 16.8. The summed E-state index contributed by atoms with van der Waals surface area (Å²) >= 11 is 12.4. The molecule has 0 aliphatic rings. The van der Waals surface area contributed by atoms with Crippen molar-refractivity contribution in [3.63, 3.8) is 0 Å². The van der Waals surface area contributed by atoms with Gasteiger partial charge in [0.25, 0.3) is 10.0 Å². The molecule has 46 heavy (non-hydrogen) atoms. The van der Waals surface area contributed by atoms with Gasteiger partial charge in [0.15, 0.2) is 0 Å². The molecule has 4 aromatic rings.